The number of benzene rings is 1. The Labute approximate surface area is 105 Å². The van der Waals surface area contributed by atoms with Gasteiger partial charge in [-0.3, -0.25) is 9.48 Å². The van der Waals surface area contributed by atoms with Crippen molar-refractivity contribution >= 4 is 17.5 Å². The van der Waals surface area contributed by atoms with Crippen LogP contribution in [0.15, 0.2) is 41.4 Å². The smallest absolute Gasteiger partial charge is 0.159 e. The summed E-state index contributed by atoms with van der Waals surface area (Å²) < 4.78 is 1.79. The van der Waals surface area contributed by atoms with Crippen LogP contribution in [0.5, 0.6) is 0 Å². The average molecular weight is 246 g/mol. The number of carbonyl (C=O) groups excluding carboxylic acids is 1. The molecule has 2 aromatic rings. The van der Waals surface area contributed by atoms with Crippen molar-refractivity contribution in [2.75, 3.05) is 0 Å². The molecule has 2 rings (SSSR count). The van der Waals surface area contributed by atoms with Crippen LogP contribution >= 0.6 is 11.8 Å². The molecule has 0 aliphatic rings. The third-order valence-electron chi connectivity index (χ3n) is 2.40. The molecule has 0 amide bonds. The second kappa shape index (κ2) is 5.19. The van der Waals surface area contributed by atoms with Crippen molar-refractivity contribution in [3.63, 3.8) is 0 Å². The van der Waals surface area contributed by atoms with Gasteiger partial charge in [0.1, 0.15) is 0 Å². The lowest BCUT2D eigenvalue weighted by molar-refractivity contribution is 0.101. The number of ketones is 1. The van der Waals surface area contributed by atoms with Crippen molar-refractivity contribution in [3.05, 3.63) is 47.8 Å². The van der Waals surface area contributed by atoms with Gasteiger partial charge in [-0.1, -0.05) is 12.1 Å². The zero-order chi connectivity index (χ0) is 12.3. The summed E-state index contributed by atoms with van der Waals surface area (Å²) in [5, 5.41) is 4.31. The Hall–Kier alpha value is -1.55. The fraction of sp³-hybridized carbons (Fsp3) is 0.231. The molecule has 17 heavy (non-hydrogen) atoms. The molecule has 0 aliphatic heterocycles. The highest BCUT2D eigenvalue weighted by Gasteiger charge is 2.02. The minimum Gasteiger partial charge on any atom is -0.295 e. The summed E-state index contributed by atoms with van der Waals surface area (Å²) >= 11 is 1.69. The van der Waals surface area contributed by atoms with E-state index in [-0.39, 0.29) is 5.78 Å². The summed E-state index contributed by atoms with van der Waals surface area (Å²) in [6.45, 7) is 1.59. The Morgan fingerprint density at radius 1 is 1.41 bits per heavy atom. The Kier molecular flexibility index (Phi) is 3.64. The Morgan fingerprint density at radius 3 is 2.88 bits per heavy atom. The van der Waals surface area contributed by atoms with Crippen LogP contribution < -0.4 is 0 Å². The van der Waals surface area contributed by atoms with Gasteiger partial charge < -0.3 is 0 Å². The summed E-state index contributed by atoms with van der Waals surface area (Å²) in [6, 6.07) is 9.70. The van der Waals surface area contributed by atoms with E-state index >= 15 is 0 Å². The predicted molar refractivity (Wildman–Crippen MR) is 69.2 cm³/mol. The highest BCUT2D eigenvalue weighted by atomic mass is 32.2. The molecule has 1 heterocycles. The van der Waals surface area contributed by atoms with Gasteiger partial charge >= 0.3 is 0 Å². The number of aryl methyl sites for hydroxylation is 1. The van der Waals surface area contributed by atoms with Gasteiger partial charge in [0, 0.05) is 29.5 Å². The molecule has 0 radical (unpaired) electrons. The third-order valence-corrected chi connectivity index (χ3v) is 3.42. The molecule has 0 fully saturated rings. The quantitative estimate of drug-likeness (QED) is 0.614. The van der Waals surface area contributed by atoms with E-state index in [0.717, 1.165) is 21.9 Å². The van der Waals surface area contributed by atoms with E-state index in [1.54, 1.807) is 23.4 Å². The largest absolute Gasteiger partial charge is 0.295 e. The lowest BCUT2D eigenvalue weighted by atomic mass is 10.2. The summed E-state index contributed by atoms with van der Waals surface area (Å²) in [5.74, 6) is 0.924. The normalized spacial score (nSPS) is 10.5. The molecule has 4 heteroatoms. The second-order valence-electron chi connectivity index (χ2n) is 3.85. The maximum atomic E-state index is 11.3. The van der Waals surface area contributed by atoms with Gasteiger partial charge in [-0.2, -0.15) is 5.10 Å². The number of rotatable bonds is 4. The highest BCUT2D eigenvalue weighted by Crippen LogP contribution is 2.22. The highest BCUT2D eigenvalue weighted by molar-refractivity contribution is 7.98. The minimum absolute atomic E-state index is 0.102. The van der Waals surface area contributed by atoms with Crippen LogP contribution in [0.2, 0.25) is 0 Å². The maximum absolute atomic E-state index is 11.3. The first-order valence-corrected chi connectivity index (χ1v) is 6.36. The minimum atomic E-state index is 0.102. The van der Waals surface area contributed by atoms with Crippen molar-refractivity contribution < 1.29 is 4.79 Å². The van der Waals surface area contributed by atoms with Crippen molar-refractivity contribution in [2.45, 2.75) is 17.6 Å². The maximum Gasteiger partial charge on any atom is 0.159 e. The number of aromatic nitrogens is 2. The van der Waals surface area contributed by atoms with Crippen LogP contribution in [0, 0.1) is 0 Å². The van der Waals surface area contributed by atoms with Crippen LogP contribution in [-0.2, 0) is 12.8 Å². The zero-order valence-corrected chi connectivity index (χ0v) is 10.7. The van der Waals surface area contributed by atoms with Gasteiger partial charge in [0.05, 0.1) is 5.69 Å². The van der Waals surface area contributed by atoms with Gasteiger partial charge in [0.15, 0.2) is 5.78 Å². The van der Waals surface area contributed by atoms with Gasteiger partial charge in [0.25, 0.3) is 0 Å². The Morgan fingerprint density at radius 2 is 2.24 bits per heavy atom. The van der Waals surface area contributed by atoms with Gasteiger partial charge in [-0.05, 0) is 25.1 Å². The predicted octanol–water partition coefficient (Wildman–Crippen LogP) is 2.92. The molecule has 0 atom stereocenters. The Bertz CT molecular complexity index is 534. The molecule has 3 nitrogen and oxygen atoms in total. The first-order valence-electron chi connectivity index (χ1n) is 5.37. The number of carbonyl (C=O) groups is 1. The first-order chi connectivity index (χ1) is 8.15. The molecule has 0 saturated heterocycles. The summed E-state index contributed by atoms with van der Waals surface area (Å²) in [6.07, 6.45) is 1.93. The average Bonchev–Trinajstić information content (AvgIpc) is 2.73. The van der Waals surface area contributed by atoms with Crippen LogP contribution in [-0.4, -0.2) is 15.6 Å². The Balaban J connectivity index is 2.04. The van der Waals surface area contributed by atoms with Crippen molar-refractivity contribution in [1.82, 2.24) is 9.78 Å². The van der Waals surface area contributed by atoms with Gasteiger partial charge in [-0.15, -0.1) is 11.8 Å². The zero-order valence-electron chi connectivity index (χ0n) is 9.88. The van der Waals surface area contributed by atoms with Crippen LogP contribution in [0.3, 0.4) is 0 Å². The number of hydrogen-bond acceptors (Lipinski definition) is 3. The summed E-state index contributed by atoms with van der Waals surface area (Å²) in [4.78, 5) is 12.4. The summed E-state index contributed by atoms with van der Waals surface area (Å²) in [7, 11) is 1.91. The molecule has 88 valence electrons. The molecule has 0 unspecified atom stereocenters. The summed E-state index contributed by atoms with van der Waals surface area (Å²) in [5.41, 5.74) is 1.81. The molecule has 0 bridgehead atoms. The lowest BCUT2D eigenvalue weighted by Crippen LogP contribution is -1.92. The third kappa shape index (κ3) is 3.20. The number of nitrogens with zero attached hydrogens (tertiary/aromatic N) is 2. The standard InChI is InChI=1S/C13H14N2OS/c1-10(16)11-4-3-5-13(8-11)17-9-12-6-7-15(2)14-12/h3-8H,9H2,1-2H3. The number of Topliss-reactive ketones (excluding diaryl/α,β-unsaturated/α-hetero) is 1. The number of hydrogen-bond donors (Lipinski definition) is 0. The molecule has 1 aromatic heterocycles. The van der Waals surface area contributed by atoms with Crippen LogP contribution in [0.1, 0.15) is 23.0 Å². The molecule has 0 N–H and O–H groups in total. The van der Waals surface area contributed by atoms with E-state index in [1.165, 1.54) is 0 Å². The van der Waals surface area contributed by atoms with E-state index in [0.29, 0.717) is 0 Å². The van der Waals surface area contributed by atoms with Gasteiger partial charge in [0.2, 0.25) is 0 Å². The van der Waals surface area contributed by atoms with Crippen LogP contribution in [0.25, 0.3) is 0 Å². The topological polar surface area (TPSA) is 34.9 Å². The fourth-order valence-electron chi connectivity index (χ4n) is 1.50. The SMILES string of the molecule is CC(=O)c1cccc(SCc2ccn(C)n2)c1. The first kappa shape index (κ1) is 11.9. The van der Waals surface area contributed by atoms with Crippen molar-refractivity contribution in [3.8, 4) is 0 Å². The van der Waals surface area contributed by atoms with Crippen LogP contribution in [0.4, 0.5) is 0 Å². The molecular weight excluding hydrogens is 232 g/mol. The van der Waals surface area contributed by atoms with Crippen molar-refractivity contribution in [1.29, 1.82) is 0 Å². The second-order valence-corrected chi connectivity index (χ2v) is 4.90. The van der Waals surface area contributed by atoms with Crippen molar-refractivity contribution in [2.24, 2.45) is 7.05 Å². The molecular formula is C13H14N2OS. The van der Waals surface area contributed by atoms with E-state index in [2.05, 4.69) is 5.10 Å². The van der Waals surface area contributed by atoms with E-state index in [1.807, 2.05) is 43.6 Å². The fourth-order valence-corrected chi connectivity index (χ4v) is 2.36. The molecule has 0 aliphatic carbocycles. The molecule has 0 spiro atoms. The van der Waals surface area contributed by atoms with E-state index < -0.39 is 0 Å². The molecule has 1 aromatic carbocycles. The lowest BCUT2D eigenvalue weighted by Gasteiger charge is -2.01. The van der Waals surface area contributed by atoms with Gasteiger partial charge in [-0.25, -0.2) is 0 Å². The number of thioether (sulfide) groups is 1. The van der Waals surface area contributed by atoms with E-state index in [4.69, 9.17) is 0 Å². The monoisotopic (exact) mass is 246 g/mol. The molecule has 0 saturated carbocycles. The van der Waals surface area contributed by atoms with E-state index in [9.17, 15) is 4.79 Å².